The number of benzene rings is 1. The Morgan fingerprint density at radius 1 is 0.667 bits per heavy atom. The van der Waals surface area contributed by atoms with Crippen molar-refractivity contribution in [1.29, 1.82) is 0 Å². The number of carbonyl (C=O) groups is 1. The van der Waals surface area contributed by atoms with Crippen LogP contribution in [-0.2, 0) is 0 Å². The van der Waals surface area contributed by atoms with Crippen LogP contribution in [0.15, 0.2) is 38.4 Å². The number of halogens is 19. The van der Waals surface area contributed by atoms with Crippen LogP contribution in [0.25, 0.3) is 0 Å². The van der Waals surface area contributed by atoms with Crippen molar-refractivity contribution in [2.45, 2.75) is 66.9 Å². The van der Waals surface area contributed by atoms with E-state index in [0.29, 0.717) is 4.47 Å². The van der Waals surface area contributed by atoms with E-state index in [1.54, 1.807) is 0 Å². The van der Waals surface area contributed by atoms with E-state index in [9.17, 15) is 79.4 Å². The summed E-state index contributed by atoms with van der Waals surface area (Å²) in [5.74, 6) is -57.2. The average Bonchev–Trinajstić information content (AvgIpc) is 2.82. The summed E-state index contributed by atoms with van der Waals surface area (Å²) in [6.45, 7) is -0.151. The lowest BCUT2D eigenvalue weighted by Gasteiger charge is -2.42. The Kier molecular flexibility index (Phi) is 11.4. The van der Waals surface area contributed by atoms with Gasteiger partial charge in [0.15, 0.2) is 0 Å². The van der Waals surface area contributed by atoms with Crippen LogP contribution in [-0.4, -0.2) is 60.1 Å². The molecule has 0 aliphatic rings. The fourth-order valence-corrected chi connectivity index (χ4v) is 3.90. The standard InChI is InChI=1S/C21H14BrF17INO/c22-11-6-4-10(5-7-11)13(42)41-8-2-1-3-12(40)9-14(23,24)15(25,26)16(27,28)17(29,30)18(31,32)19(33,34)20(35,36)21(37,38)39/h4-7,9H,1-3,8H2,(H,41,42). The van der Waals surface area contributed by atoms with Crippen molar-refractivity contribution in [3.05, 3.63) is 44.0 Å². The van der Waals surface area contributed by atoms with Crippen LogP contribution in [0, 0.1) is 0 Å². The van der Waals surface area contributed by atoms with Gasteiger partial charge in [-0.15, -0.1) is 0 Å². The Hall–Kier alpha value is -1.55. The van der Waals surface area contributed by atoms with Gasteiger partial charge in [-0.2, -0.15) is 74.6 Å². The summed E-state index contributed by atoms with van der Waals surface area (Å²) in [6, 6.07) is 5.85. The van der Waals surface area contributed by atoms with E-state index in [1.807, 2.05) is 0 Å². The molecule has 0 aromatic heterocycles. The predicted molar refractivity (Wildman–Crippen MR) is 123 cm³/mol. The van der Waals surface area contributed by atoms with Gasteiger partial charge < -0.3 is 5.32 Å². The quantitative estimate of drug-likeness (QED) is 0.120. The maximum atomic E-state index is 14.0. The second-order valence-electron chi connectivity index (χ2n) is 8.38. The fraction of sp³-hybridized carbons (Fsp3) is 0.571. The van der Waals surface area contributed by atoms with Crippen molar-refractivity contribution in [1.82, 2.24) is 5.32 Å². The Morgan fingerprint density at radius 3 is 1.50 bits per heavy atom. The third kappa shape index (κ3) is 6.89. The van der Waals surface area contributed by atoms with Crippen molar-refractivity contribution in [2.75, 3.05) is 6.54 Å². The molecule has 0 heterocycles. The van der Waals surface area contributed by atoms with Gasteiger partial charge in [-0.05, 0) is 69.7 Å². The summed E-state index contributed by atoms with van der Waals surface area (Å²) < 4.78 is 226. The lowest BCUT2D eigenvalue weighted by Crippen LogP contribution is -2.74. The average molecular weight is 826 g/mol. The Labute approximate surface area is 246 Å². The van der Waals surface area contributed by atoms with Gasteiger partial charge in [-0.25, -0.2) is 0 Å². The predicted octanol–water partition coefficient (Wildman–Crippen LogP) is 9.68. The minimum atomic E-state index is -8.65. The molecule has 0 fully saturated rings. The molecular formula is C21H14BrF17INO. The Balaban J connectivity index is 3.10. The first-order valence-corrected chi connectivity index (χ1v) is 12.5. The molecule has 0 unspecified atom stereocenters. The maximum Gasteiger partial charge on any atom is 0.460 e. The van der Waals surface area contributed by atoms with Crippen LogP contribution in [0.4, 0.5) is 74.6 Å². The molecule has 1 N–H and O–H groups in total. The molecule has 1 aromatic carbocycles. The Morgan fingerprint density at radius 2 is 1.07 bits per heavy atom. The van der Waals surface area contributed by atoms with Crippen LogP contribution < -0.4 is 5.32 Å². The van der Waals surface area contributed by atoms with Gasteiger partial charge in [-0.1, -0.05) is 15.9 Å². The second-order valence-corrected chi connectivity index (χ2v) is 10.7. The van der Waals surface area contributed by atoms with Crippen LogP contribution in [0.5, 0.6) is 0 Å². The zero-order chi connectivity index (χ0) is 33.4. The highest BCUT2D eigenvalue weighted by atomic mass is 127. The SMILES string of the molecule is O=C(NCCCCC(I)=CC(F)(F)C(F)(F)C(F)(F)C(F)(F)C(F)(F)C(F)(F)C(F)(F)C(F)(F)F)c1ccc(Br)cc1. The number of nitrogens with one attached hydrogen (secondary N) is 1. The summed E-state index contributed by atoms with van der Waals surface area (Å²) in [7, 11) is 0. The van der Waals surface area contributed by atoms with E-state index >= 15 is 0 Å². The minimum Gasteiger partial charge on any atom is -0.352 e. The van der Waals surface area contributed by atoms with E-state index in [4.69, 9.17) is 0 Å². The number of hydrogen-bond donors (Lipinski definition) is 1. The molecule has 1 rings (SSSR count). The molecule has 0 saturated heterocycles. The molecule has 2 nitrogen and oxygen atoms in total. The summed E-state index contributed by atoms with van der Waals surface area (Å²) in [6.07, 6.45) is -9.96. The zero-order valence-corrected chi connectivity index (χ0v) is 23.5. The van der Waals surface area contributed by atoms with Crippen molar-refractivity contribution >= 4 is 44.4 Å². The zero-order valence-electron chi connectivity index (χ0n) is 19.8. The molecule has 0 aliphatic carbocycles. The highest BCUT2D eigenvalue weighted by Crippen LogP contribution is 2.64. The number of alkyl halides is 17. The van der Waals surface area contributed by atoms with E-state index in [-0.39, 0.29) is 24.9 Å². The van der Waals surface area contributed by atoms with Crippen LogP contribution >= 0.6 is 38.5 Å². The van der Waals surface area contributed by atoms with Gasteiger partial charge in [0.2, 0.25) is 0 Å². The highest BCUT2D eigenvalue weighted by Gasteiger charge is 2.95. The minimum absolute atomic E-state index is 0.0759. The van der Waals surface area contributed by atoms with Crippen molar-refractivity contribution in [2.24, 2.45) is 0 Å². The number of unbranched alkanes of at least 4 members (excludes halogenated alkanes) is 1. The molecule has 242 valence electrons. The molecule has 1 amide bonds. The highest BCUT2D eigenvalue weighted by molar-refractivity contribution is 14.1. The lowest BCUT2D eigenvalue weighted by molar-refractivity contribution is -0.459. The third-order valence-corrected chi connectivity index (χ3v) is 6.70. The summed E-state index contributed by atoms with van der Waals surface area (Å²) >= 11 is 3.93. The van der Waals surface area contributed by atoms with Gasteiger partial charge >= 0.3 is 47.6 Å². The van der Waals surface area contributed by atoms with Crippen molar-refractivity contribution < 1.29 is 79.4 Å². The molecular weight excluding hydrogens is 812 g/mol. The first-order valence-electron chi connectivity index (χ1n) is 10.7. The first-order chi connectivity index (χ1) is 18.5. The van der Waals surface area contributed by atoms with Crippen LogP contribution in [0.3, 0.4) is 0 Å². The number of amides is 1. The molecule has 0 spiro atoms. The number of allylic oxidation sites excluding steroid dienone is 2. The van der Waals surface area contributed by atoms with E-state index in [1.165, 1.54) is 24.3 Å². The van der Waals surface area contributed by atoms with Crippen molar-refractivity contribution in [3.8, 4) is 0 Å². The van der Waals surface area contributed by atoms with Gasteiger partial charge in [0, 0.05) is 22.7 Å². The molecule has 0 radical (unpaired) electrons. The number of carbonyl (C=O) groups excluding carboxylic acids is 1. The second kappa shape index (κ2) is 12.4. The molecule has 1 aromatic rings. The van der Waals surface area contributed by atoms with Gasteiger partial charge in [0.05, 0.1) is 0 Å². The molecule has 42 heavy (non-hydrogen) atoms. The van der Waals surface area contributed by atoms with Crippen LogP contribution in [0.2, 0.25) is 0 Å². The molecule has 0 saturated carbocycles. The van der Waals surface area contributed by atoms with Crippen molar-refractivity contribution in [3.63, 3.8) is 0 Å². The van der Waals surface area contributed by atoms with Gasteiger partial charge in [-0.3, -0.25) is 4.79 Å². The number of rotatable bonds is 13. The van der Waals surface area contributed by atoms with E-state index in [2.05, 4.69) is 21.2 Å². The molecule has 0 aliphatic heterocycles. The summed E-state index contributed by atoms with van der Waals surface area (Å²) in [4.78, 5) is 11.9. The summed E-state index contributed by atoms with van der Waals surface area (Å²) in [5.41, 5.74) is 0.192. The fourth-order valence-electron chi connectivity index (χ4n) is 2.86. The maximum absolute atomic E-state index is 14.0. The van der Waals surface area contributed by atoms with Crippen LogP contribution in [0.1, 0.15) is 29.6 Å². The van der Waals surface area contributed by atoms with Gasteiger partial charge in [0.25, 0.3) is 5.91 Å². The van der Waals surface area contributed by atoms with Gasteiger partial charge in [0.1, 0.15) is 0 Å². The lowest BCUT2D eigenvalue weighted by atomic mass is 9.89. The summed E-state index contributed by atoms with van der Waals surface area (Å²) in [5, 5.41) is 2.36. The monoisotopic (exact) mass is 825 g/mol. The molecule has 21 heteroatoms. The Bertz CT molecular complexity index is 1130. The first kappa shape index (κ1) is 38.5. The smallest absolute Gasteiger partial charge is 0.352 e. The molecule has 0 bridgehead atoms. The molecule has 0 atom stereocenters. The third-order valence-electron chi connectivity index (χ3n) is 5.32. The topological polar surface area (TPSA) is 29.1 Å². The largest absolute Gasteiger partial charge is 0.460 e. The normalized spacial score (nSPS) is 15.2. The van der Waals surface area contributed by atoms with E-state index in [0.717, 1.165) is 22.6 Å². The van der Waals surface area contributed by atoms with E-state index < -0.39 is 69.6 Å². The number of hydrogen-bond acceptors (Lipinski definition) is 1.